The quantitative estimate of drug-likeness (QED) is 0.313. The summed E-state index contributed by atoms with van der Waals surface area (Å²) in [6.07, 6.45) is 3.36. The zero-order chi connectivity index (χ0) is 25.6. The van der Waals surface area contributed by atoms with E-state index in [-0.39, 0.29) is 5.54 Å². The smallest absolute Gasteiger partial charge is 0.289 e. The molecule has 0 fully saturated rings. The van der Waals surface area contributed by atoms with Gasteiger partial charge in [0, 0.05) is 29.9 Å². The zero-order valence-corrected chi connectivity index (χ0v) is 21.1. The predicted molar refractivity (Wildman–Crippen MR) is 146 cm³/mol. The standard InChI is InChI=1S/C28H27N7O2/c1-17-11-18(6-10-25(17)37-20-7-9-24-23(13-20)31-16-35(24)4)32-26-21-12-19(5-8-22(21)29-15-30-26)33-27-34-28(2,3)14-36-27/h5-13,15-16H,14H2,1-4H3,(H,33,34)(H,29,30,32). The molecule has 186 valence electrons. The number of anilines is 3. The highest BCUT2D eigenvalue weighted by Crippen LogP contribution is 2.31. The highest BCUT2D eigenvalue weighted by Gasteiger charge is 2.26. The van der Waals surface area contributed by atoms with E-state index >= 15 is 0 Å². The van der Waals surface area contributed by atoms with Crippen molar-refractivity contribution in [1.29, 1.82) is 0 Å². The van der Waals surface area contributed by atoms with Crippen molar-refractivity contribution in [2.24, 2.45) is 12.0 Å². The van der Waals surface area contributed by atoms with Crippen LogP contribution in [-0.2, 0) is 11.8 Å². The van der Waals surface area contributed by atoms with Crippen molar-refractivity contribution < 1.29 is 9.47 Å². The van der Waals surface area contributed by atoms with E-state index in [4.69, 9.17) is 9.47 Å². The van der Waals surface area contributed by atoms with Gasteiger partial charge in [0.2, 0.25) is 0 Å². The molecule has 37 heavy (non-hydrogen) atoms. The molecule has 3 aromatic carbocycles. The van der Waals surface area contributed by atoms with Gasteiger partial charge >= 0.3 is 0 Å². The van der Waals surface area contributed by atoms with Crippen LogP contribution in [0, 0.1) is 6.92 Å². The fourth-order valence-electron chi connectivity index (χ4n) is 4.29. The lowest BCUT2D eigenvalue weighted by atomic mass is 10.1. The molecular weight excluding hydrogens is 466 g/mol. The van der Waals surface area contributed by atoms with Crippen molar-refractivity contribution in [2.45, 2.75) is 26.3 Å². The second-order valence-electron chi connectivity index (χ2n) is 9.81. The van der Waals surface area contributed by atoms with Gasteiger partial charge in [0.05, 0.1) is 28.4 Å². The monoisotopic (exact) mass is 493 g/mol. The molecule has 3 heterocycles. The minimum absolute atomic E-state index is 0.228. The number of aromatic nitrogens is 4. The number of ether oxygens (including phenoxy) is 2. The van der Waals surface area contributed by atoms with E-state index in [0.717, 1.165) is 50.4 Å². The Labute approximate surface area is 214 Å². The Kier molecular flexibility index (Phi) is 5.40. The maximum Gasteiger partial charge on any atom is 0.289 e. The van der Waals surface area contributed by atoms with Crippen LogP contribution in [0.1, 0.15) is 19.4 Å². The van der Waals surface area contributed by atoms with Gasteiger partial charge in [-0.3, -0.25) is 0 Å². The molecule has 1 aliphatic rings. The highest BCUT2D eigenvalue weighted by molar-refractivity contribution is 5.97. The van der Waals surface area contributed by atoms with Crippen molar-refractivity contribution in [2.75, 3.05) is 17.2 Å². The Morgan fingerprint density at radius 2 is 1.76 bits per heavy atom. The number of hydrogen-bond acceptors (Lipinski definition) is 8. The molecule has 0 amide bonds. The summed E-state index contributed by atoms with van der Waals surface area (Å²) in [4.78, 5) is 17.9. The SMILES string of the molecule is Cc1cc(Nc2ncnc3ccc(NC4=NC(C)(C)CO4)cc23)ccc1Oc1ccc2c(c1)ncn2C. The summed E-state index contributed by atoms with van der Waals surface area (Å²) in [6, 6.07) is 18.3. The molecule has 0 atom stereocenters. The van der Waals surface area contributed by atoms with E-state index in [1.807, 2.05) is 87.0 Å². The zero-order valence-electron chi connectivity index (χ0n) is 21.1. The fraction of sp³-hybridized carbons (Fsp3) is 0.214. The van der Waals surface area contributed by atoms with Crippen LogP contribution in [0.5, 0.6) is 11.5 Å². The molecule has 9 nitrogen and oxygen atoms in total. The molecule has 0 spiro atoms. The average molecular weight is 494 g/mol. The van der Waals surface area contributed by atoms with Gasteiger partial charge in [-0.05, 0) is 74.9 Å². The van der Waals surface area contributed by atoms with Gasteiger partial charge in [-0.15, -0.1) is 0 Å². The summed E-state index contributed by atoms with van der Waals surface area (Å²) >= 11 is 0. The summed E-state index contributed by atoms with van der Waals surface area (Å²) < 4.78 is 13.8. The highest BCUT2D eigenvalue weighted by atomic mass is 16.5. The lowest BCUT2D eigenvalue weighted by Crippen LogP contribution is -2.17. The van der Waals surface area contributed by atoms with Crippen molar-refractivity contribution in [1.82, 2.24) is 19.5 Å². The molecule has 6 rings (SSSR count). The van der Waals surface area contributed by atoms with Gasteiger partial charge in [-0.2, -0.15) is 0 Å². The second-order valence-corrected chi connectivity index (χ2v) is 9.81. The summed E-state index contributed by atoms with van der Waals surface area (Å²) in [5, 5.41) is 7.57. The molecule has 2 aromatic heterocycles. The van der Waals surface area contributed by atoms with E-state index in [0.29, 0.717) is 18.4 Å². The third-order valence-electron chi connectivity index (χ3n) is 6.22. The Balaban J connectivity index is 1.23. The molecule has 0 unspecified atom stereocenters. The number of aliphatic imine (C=N–C) groups is 1. The first-order valence-electron chi connectivity index (χ1n) is 12.0. The molecule has 0 bridgehead atoms. The third kappa shape index (κ3) is 4.63. The first-order chi connectivity index (χ1) is 17.8. The minimum Gasteiger partial charge on any atom is -0.462 e. The molecule has 0 radical (unpaired) electrons. The van der Waals surface area contributed by atoms with Crippen LogP contribution >= 0.6 is 0 Å². The van der Waals surface area contributed by atoms with Crippen molar-refractivity contribution >= 4 is 45.2 Å². The Morgan fingerprint density at radius 1 is 0.919 bits per heavy atom. The second kappa shape index (κ2) is 8.77. The summed E-state index contributed by atoms with van der Waals surface area (Å²) in [6.45, 7) is 6.64. The number of benzene rings is 3. The lowest BCUT2D eigenvalue weighted by Gasteiger charge is -2.13. The van der Waals surface area contributed by atoms with Crippen molar-refractivity contribution in [3.05, 3.63) is 72.8 Å². The number of imidazole rings is 1. The number of nitrogens with one attached hydrogen (secondary N) is 2. The molecule has 0 saturated carbocycles. The Hall–Kier alpha value is -4.66. The predicted octanol–water partition coefficient (Wildman–Crippen LogP) is 5.94. The first-order valence-corrected chi connectivity index (χ1v) is 12.0. The van der Waals surface area contributed by atoms with E-state index in [1.165, 1.54) is 0 Å². The molecule has 1 aliphatic heterocycles. The van der Waals surface area contributed by atoms with Crippen LogP contribution in [0.4, 0.5) is 17.2 Å². The van der Waals surface area contributed by atoms with Gasteiger partial charge in [0.15, 0.2) is 0 Å². The summed E-state index contributed by atoms with van der Waals surface area (Å²) in [5.74, 6) is 2.23. The van der Waals surface area contributed by atoms with Crippen LogP contribution in [0.25, 0.3) is 21.9 Å². The van der Waals surface area contributed by atoms with E-state index in [9.17, 15) is 0 Å². The van der Waals surface area contributed by atoms with Crippen molar-refractivity contribution in [3.63, 3.8) is 0 Å². The first kappa shape index (κ1) is 22.8. The van der Waals surface area contributed by atoms with Crippen LogP contribution in [0.15, 0.2) is 72.2 Å². The van der Waals surface area contributed by atoms with Crippen LogP contribution in [-0.4, -0.2) is 37.7 Å². The fourth-order valence-corrected chi connectivity index (χ4v) is 4.29. The van der Waals surface area contributed by atoms with Crippen molar-refractivity contribution in [3.8, 4) is 11.5 Å². The maximum atomic E-state index is 6.16. The molecule has 2 N–H and O–H groups in total. The molecule has 0 aliphatic carbocycles. The molecule has 5 aromatic rings. The molecule has 9 heteroatoms. The number of nitrogens with zero attached hydrogens (tertiary/aromatic N) is 5. The number of aryl methyl sites for hydroxylation is 2. The Morgan fingerprint density at radius 3 is 2.57 bits per heavy atom. The largest absolute Gasteiger partial charge is 0.462 e. The average Bonchev–Trinajstić information content (AvgIpc) is 3.41. The molecule has 0 saturated heterocycles. The van der Waals surface area contributed by atoms with E-state index in [2.05, 4.69) is 30.6 Å². The Bertz CT molecular complexity index is 1670. The van der Waals surface area contributed by atoms with Gasteiger partial charge in [0.25, 0.3) is 6.02 Å². The van der Waals surface area contributed by atoms with Crippen LogP contribution < -0.4 is 15.4 Å². The summed E-state index contributed by atoms with van der Waals surface area (Å²) in [5.41, 5.74) is 5.31. The van der Waals surface area contributed by atoms with Gasteiger partial charge in [-0.1, -0.05) is 0 Å². The minimum atomic E-state index is -0.228. The third-order valence-corrected chi connectivity index (χ3v) is 6.22. The maximum absolute atomic E-state index is 6.16. The topological polar surface area (TPSA) is 98.5 Å². The summed E-state index contributed by atoms with van der Waals surface area (Å²) in [7, 11) is 1.98. The normalized spacial score (nSPS) is 14.4. The number of rotatable bonds is 5. The number of fused-ring (bicyclic) bond motifs is 2. The van der Waals surface area contributed by atoms with Gasteiger partial charge in [0.1, 0.15) is 30.3 Å². The molecular formula is C28H27N7O2. The van der Waals surface area contributed by atoms with Crippen LogP contribution in [0.2, 0.25) is 0 Å². The van der Waals surface area contributed by atoms with E-state index < -0.39 is 0 Å². The van der Waals surface area contributed by atoms with Gasteiger partial charge in [-0.25, -0.2) is 19.9 Å². The van der Waals surface area contributed by atoms with E-state index in [1.54, 1.807) is 12.7 Å². The number of hydrogen-bond donors (Lipinski definition) is 2. The van der Waals surface area contributed by atoms with Gasteiger partial charge < -0.3 is 24.7 Å². The lowest BCUT2D eigenvalue weighted by molar-refractivity contribution is 0.278. The number of amidine groups is 1. The van der Waals surface area contributed by atoms with Crippen LogP contribution in [0.3, 0.4) is 0 Å².